The van der Waals surface area contributed by atoms with Gasteiger partial charge in [0.15, 0.2) is 0 Å². The van der Waals surface area contributed by atoms with Crippen molar-refractivity contribution in [3.8, 4) is 6.07 Å². The SMILES string of the molecule is N#Cc1c(/C=N/Nc2ccccc2)[nH]c2sc3c(c2c1=O)CCCC3. The molecule has 6 heteroatoms. The summed E-state index contributed by atoms with van der Waals surface area (Å²) in [4.78, 5) is 18.2. The molecule has 0 atom stereocenters. The number of nitriles is 1. The molecule has 5 nitrogen and oxygen atoms in total. The lowest BCUT2D eigenvalue weighted by Gasteiger charge is -2.09. The van der Waals surface area contributed by atoms with Gasteiger partial charge in [-0.1, -0.05) is 18.2 Å². The van der Waals surface area contributed by atoms with Crippen LogP contribution < -0.4 is 10.9 Å². The number of hydrazone groups is 1. The lowest BCUT2D eigenvalue weighted by molar-refractivity contribution is 0.700. The van der Waals surface area contributed by atoms with Crippen molar-refractivity contribution in [3.05, 3.63) is 62.3 Å². The monoisotopic (exact) mass is 348 g/mol. The lowest BCUT2D eigenvalue weighted by atomic mass is 9.96. The molecule has 0 saturated heterocycles. The zero-order valence-electron chi connectivity index (χ0n) is 13.5. The van der Waals surface area contributed by atoms with E-state index in [-0.39, 0.29) is 11.0 Å². The van der Waals surface area contributed by atoms with Gasteiger partial charge in [0.05, 0.1) is 23.0 Å². The summed E-state index contributed by atoms with van der Waals surface area (Å²) >= 11 is 1.63. The summed E-state index contributed by atoms with van der Waals surface area (Å²) in [6.07, 6.45) is 5.71. The van der Waals surface area contributed by atoms with Crippen LogP contribution in [0.25, 0.3) is 10.2 Å². The second kappa shape index (κ2) is 6.54. The first-order valence-corrected chi connectivity index (χ1v) is 9.04. The Morgan fingerprint density at radius 3 is 2.84 bits per heavy atom. The smallest absolute Gasteiger partial charge is 0.208 e. The van der Waals surface area contributed by atoms with E-state index in [4.69, 9.17) is 0 Å². The van der Waals surface area contributed by atoms with Crippen LogP contribution in [-0.4, -0.2) is 11.2 Å². The quantitative estimate of drug-likeness (QED) is 0.558. The van der Waals surface area contributed by atoms with Gasteiger partial charge in [-0.3, -0.25) is 10.2 Å². The van der Waals surface area contributed by atoms with Crippen molar-refractivity contribution in [2.24, 2.45) is 5.10 Å². The first-order chi connectivity index (χ1) is 12.3. The minimum Gasteiger partial charge on any atom is -0.344 e. The van der Waals surface area contributed by atoms with Crippen molar-refractivity contribution in [2.45, 2.75) is 25.7 Å². The maximum absolute atomic E-state index is 12.8. The summed E-state index contributed by atoms with van der Waals surface area (Å²) < 4.78 is 0. The first-order valence-electron chi connectivity index (χ1n) is 8.22. The molecule has 0 unspecified atom stereocenters. The van der Waals surface area contributed by atoms with Crippen LogP contribution in [0.15, 0.2) is 40.2 Å². The Hall–Kier alpha value is -2.91. The van der Waals surface area contributed by atoms with E-state index in [0.717, 1.165) is 41.8 Å². The Morgan fingerprint density at radius 2 is 2.04 bits per heavy atom. The molecule has 0 aliphatic heterocycles. The van der Waals surface area contributed by atoms with Crippen LogP contribution in [0.3, 0.4) is 0 Å². The summed E-state index contributed by atoms with van der Waals surface area (Å²) in [6, 6.07) is 11.6. The molecule has 2 aromatic heterocycles. The Balaban J connectivity index is 1.76. The largest absolute Gasteiger partial charge is 0.344 e. The van der Waals surface area contributed by atoms with Crippen LogP contribution in [0.4, 0.5) is 5.69 Å². The molecule has 0 spiro atoms. The van der Waals surface area contributed by atoms with Gasteiger partial charge in [0, 0.05) is 4.88 Å². The first kappa shape index (κ1) is 15.6. The number of anilines is 1. The second-order valence-corrected chi connectivity index (χ2v) is 7.11. The van der Waals surface area contributed by atoms with Gasteiger partial charge >= 0.3 is 0 Å². The van der Waals surface area contributed by atoms with Gasteiger partial charge in [-0.2, -0.15) is 10.4 Å². The molecule has 3 aromatic rings. The number of aromatic nitrogens is 1. The highest BCUT2D eigenvalue weighted by Gasteiger charge is 2.21. The number of nitrogens with zero attached hydrogens (tertiary/aromatic N) is 2. The summed E-state index contributed by atoms with van der Waals surface area (Å²) in [7, 11) is 0. The van der Waals surface area contributed by atoms with Crippen molar-refractivity contribution >= 4 is 33.5 Å². The van der Waals surface area contributed by atoms with Crippen molar-refractivity contribution in [2.75, 3.05) is 5.43 Å². The maximum Gasteiger partial charge on any atom is 0.208 e. The predicted molar refractivity (Wildman–Crippen MR) is 101 cm³/mol. The van der Waals surface area contributed by atoms with Gasteiger partial charge in [0.1, 0.15) is 16.5 Å². The molecule has 2 N–H and O–H groups in total. The van der Waals surface area contributed by atoms with Crippen molar-refractivity contribution in [1.29, 1.82) is 5.26 Å². The molecule has 4 rings (SSSR count). The fourth-order valence-electron chi connectivity index (χ4n) is 3.22. The molecule has 1 aliphatic carbocycles. The minimum absolute atomic E-state index is 0.122. The molecule has 0 amide bonds. The summed E-state index contributed by atoms with van der Waals surface area (Å²) in [5, 5.41) is 14.3. The molecule has 0 fully saturated rings. The topological polar surface area (TPSA) is 81.0 Å². The van der Waals surface area contributed by atoms with Gasteiger partial charge in [-0.25, -0.2) is 0 Å². The number of benzene rings is 1. The molecule has 1 aliphatic rings. The lowest BCUT2D eigenvalue weighted by Crippen LogP contribution is -2.13. The van der Waals surface area contributed by atoms with Crippen molar-refractivity contribution in [1.82, 2.24) is 4.98 Å². The van der Waals surface area contributed by atoms with Crippen LogP contribution in [0.5, 0.6) is 0 Å². The molecule has 0 saturated carbocycles. The number of thiophene rings is 1. The number of aromatic amines is 1. The van der Waals surface area contributed by atoms with E-state index >= 15 is 0 Å². The highest BCUT2D eigenvalue weighted by molar-refractivity contribution is 7.18. The average molecular weight is 348 g/mol. The Labute approximate surface area is 148 Å². The fourth-order valence-corrected chi connectivity index (χ4v) is 4.52. The highest BCUT2D eigenvalue weighted by atomic mass is 32.1. The fraction of sp³-hybridized carbons (Fsp3) is 0.211. The third-order valence-electron chi connectivity index (χ3n) is 4.42. The van der Waals surface area contributed by atoms with E-state index in [1.54, 1.807) is 11.3 Å². The van der Waals surface area contributed by atoms with Gasteiger partial charge in [0.2, 0.25) is 5.43 Å². The van der Waals surface area contributed by atoms with Crippen LogP contribution in [0, 0.1) is 11.3 Å². The predicted octanol–water partition coefficient (Wildman–Crippen LogP) is 3.79. The summed E-state index contributed by atoms with van der Waals surface area (Å²) in [6.45, 7) is 0. The highest BCUT2D eigenvalue weighted by Crippen LogP contribution is 2.34. The standard InChI is InChI=1S/C19H16N4OS/c20-10-14-15(11-21-23-12-6-2-1-3-7-12)22-19-17(18(14)24)13-8-4-5-9-16(13)25-19/h1-3,6-7,11,23H,4-5,8-9H2,(H,22,24)/b21-11+. The Morgan fingerprint density at radius 1 is 1.24 bits per heavy atom. The van der Waals surface area contributed by atoms with Crippen molar-refractivity contribution in [3.63, 3.8) is 0 Å². The van der Waals surface area contributed by atoms with Crippen LogP contribution in [0.1, 0.15) is 34.5 Å². The van der Waals surface area contributed by atoms with Gasteiger partial charge in [-0.05, 0) is 43.4 Å². The van der Waals surface area contributed by atoms with Gasteiger partial charge in [0.25, 0.3) is 0 Å². The molecule has 124 valence electrons. The van der Waals surface area contributed by atoms with Crippen molar-refractivity contribution < 1.29 is 0 Å². The van der Waals surface area contributed by atoms with Gasteiger partial charge < -0.3 is 4.98 Å². The van der Waals surface area contributed by atoms with E-state index < -0.39 is 0 Å². The molecular weight excluding hydrogens is 332 g/mol. The minimum atomic E-state index is -0.184. The zero-order valence-corrected chi connectivity index (χ0v) is 14.3. The molecule has 0 radical (unpaired) electrons. The number of pyridine rings is 1. The van der Waals surface area contributed by atoms with E-state index in [1.165, 1.54) is 11.1 Å². The molecule has 1 aromatic carbocycles. The van der Waals surface area contributed by atoms with Crippen LogP contribution >= 0.6 is 11.3 Å². The molecule has 2 heterocycles. The third-order valence-corrected chi connectivity index (χ3v) is 5.62. The number of H-pyrrole nitrogens is 1. The number of fused-ring (bicyclic) bond motifs is 3. The Bertz CT molecular complexity index is 1060. The zero-order chi connectivity index (χ0) is 17.2. The van der Waals surface area contributed by atoms with E-state index in [9.17, 15) is 10.1 Å². The number of rotatable bonds is 3. The number of aryl methyl sites for hydroxylation is 2. The van der Waals surface area contributed by atoms with E-state index in [0.29, 0.717) is 11.1 Å². The van der Waals surface area contributed by atoms with Gasteiger partial charge in [-0.15, -0.1) is 11.3 Å². The average Bonchev–Trinajstić information content (AvgIpc) is 3.01. The molecule has 0 bridgehead atoms. The third kappa shape index (κ3) is 2.83. The van der Waals surface area contributed by atoms with Crippen LogP contribution in [-0.2, 0) is 12.8 Å². The van der Waals surface area contributed by atoms with E-state index in [2.05, 4.69) is 15.5 Å². The normalized spacial score (nSPS) is 13.7. The van der Waals surface area contributed by atoms with Crippen LogP contribution in [0.2, 0.25) is 0 Å². The Kier molecular flexibility index (Phi) is 4.08. The number of hydrogen-bond donors (Lipinski definition) is 2. The van der Waals surface area contributed by atoms with E-state index in [1.807, 2.05) is 36.4 Å². The molecular formula is C19H16N4OS. The maximum atomic E-state index is 12.8. The number of para-hydroxylation sites is 1. The molecule has 25 heavy (non-hydrogen) atoms. The second-order valence-electron chi connectivity index (χ2n) is 6.01. The number of hydrogen-bond acceptors (Lipinski definition) is 5. The summed E-state index contributed by atoms with van der Waals surface area (Å²) in [5.74, 6) is 0. The number of nitrogens with one attached hydrogen (secondary N) is 2. The summed E-state index contributed by atoms with van der Waals surface area (Å²) in [5.41, 5.74) is 5.26.